The molecule has 1 aromatic heterocycles. The maximum Gasteiger partial charge on any atom is 0.0694 e. The highest BCUT2D eigenvalue weighted by atomic mass is 79.9. The molecule has 0 radical (unpaired) electrons. The van der Waals surface area contributed by atoms with Gasteiger partial charge in [-0.3, -0.25) is 0 Å². The van der Waals surface area contributed by atoms with Gasteiger partial charge in [0.25, 0.3) is 0 Å². The number of halogens is 2. The lowest BCUT2D eigenvalue weighted by atomic mass is 10.2. The summed E-state index contributed by atoms with van der Waals surface area (Å²) in [4.78, 5) is 0. The second kappa shape index (κ2) is 5.25. The third kappa shape index (κ3) is 2.03. The van der Waals surface area contributed by atoms with Crippen molar-refractivity contribution >= 4 is 53.7 Å². The van der Waals surface area contributed by atoms with Crippen LogP contribution in [0.3, 0.4) is 0 Å². The average Bonchev–Trinajstić information content (AvgIpc) is 2.87. The van der Waals surface area contributed by atoms with Gasteiger partial charge < -0.3 is 4.57 Å². The molecule has 0 amide bonds. The first-order valence-corrected chi connectivity index (χ1v) is 8.69. The minimum atomic E-state index is 1.07. The number of para-hydroxylation sites is 1. The normalized spacial score (nSPS) is 11.4. The van der Waals surface area contributed by atoms with Crippen LogP contribution in [0.15, 0.2) is 69.6 Å². The Balaban J connectivity index is 2.23. The second-order valence-corrected chi connectivity index (χ2v) is 7.09. The van der Waals surface area contributed by atoms with E-state index in [4.69, 9.17) is 0 Å². The number of aryl methyl sites for hydroxylation is 1. The van der Waals surface area contributed by atoms with Gasteiger partial charge >= 0.3 is 0 Å². The molecular formula is C19H13Br2N. The van der Waals surface area contributed by atoms with Gasteiger partial charge in [0.05, 0.1) is 15.5 Å². The van der Waals surface area contributed by atoms with Gasteiger partial charge in [0.1, 0.15) is 0 Å². The molecule has 0 N–H and O–H groups in total. The van der Waals surface area contributed by atoms with Crippen molar-refractivity contribution in [3.8, 4) is 5.69 Å². The molecule has 0 bridgehead atoms. The third-order valence-corrected chi connectivity index (χ3v) is 6.02. The second-order valence-electron chi connectivity index (χ2n) is 5.45. The number of rotatable bonds is 1. The zero-order valence-corrected chi connectivity index (χ0v) is 15.1. The number of hydrogen-bond donors (Lipinski definition) is 0. The number of fused-ring (bicyclic) bond motifs is 3. The minimum Gasteiger partial charge on any atom is -0.308 e. The third-order valence-electron chi connectivity index (χ3n) is 4.02. The molecule has 0 fully saturated rings. The van der Waals surface area contributed by atoms with E-state index in [2.05, 4.69) is 104 Å². The largest absolute Gasteiger partial charge is 0.308 e. The van der Waals surface area contributed by atoms with Crippen molar-refractivity contribution in [2.75, 3.05) is 0 Å². The highest BCUT2D eigenvalue weighted by Gasteiger charge is 2.15. The van der Waals surface area contributed by atoms with Crippen LogP contribution in [-0.2, 0) is 0 Å². The Kier molecular flexibility index (Phi) is 3.35. The summed E-state index contributed by atoms with van der Waals surface area (Å²) in [6, 6.07) is 21.5. The lowest BCUT2D eigenvalue weighted by Gasteiger charge is -2.10. The number of benzene rings is 3. The molecular weight excluding hydrogens is 402 g/mol. The van der Waals surface area contributed by atoms with Gasteiger partial charge in [-0.2, -0.15) is 0 Å². The van der Waals surface area contributed by atoms with E-state index in [1.54, 1.807) is 0 Å². The van der Waals surface area contributed by atoms with Crippen molar-refractivity contribution in [2.45, 2.75) is 6.92 Å². The summed E-state index contributed by atoms with van der Waals surface area (Å²) in [7, 11) is 0. The molecule has 0 spiro atoms. The monoisotopic (exact) mass is 413 g/mol. The lowest BCUT2D eigenvalue weighted by molar-refractivity contribution is 1.17. The molecule has 1 nitrogen and oxygen atoms in total. The molecule has 4 aromatic rings. The van der Waals surface area contributed by atoms with Gasteiger partial charge in [-0.05, 0) is 63.0 Å². The SMILES string of the molecule is Cc1ccc(-n2c3ccccc3c3ccc(Br)c(Br)c32)cc1. The predicted octanol–water partition coefficient (Wildman–Crippen LogP) is 6.62. The Bertz CT molecular complexity index is 997. The van der Waals surface area contributed by atoms with Crippen LogP contribution in [0, 0.1) is 6.92 Å². The smallest absolute Gasteiger partial charge is 0.0694 e. The first-order chi connectivity index (χ1) is 10.7. The van der Waals surface area contributed by atoms with Crippen LogP contribution >= 0.6 is 31.9 Å². The van der Waals surface area contributed by atoms with Crippen LogP contribution in [0.1, 0.15) is 5.56 Å². The predicted molar refractivity (Wildman–Crippen MR) is 101 cm³/mol. The van der Waals surface area contributed by atoms with E-state index < -0.39 is 0 Å². The van der Waals surface area contributed by atoms with Crippen molar-refractivity contribution in [3.63, 3.8) is 0 Å². The summed E-state index contributed by atoms with van der Waals surface area (Å²) in [5.74, 6) is 0. The molecule has 0 aliphatic heterocycles. The summed E-state index contributed by atoms with van der Waals surface area (Å²) in [5.41, 5.74) is 4.86. The fourth-order valence-electron chi connectivity index (χ4n) is 2.95. The molecule has 0 saturated heterocycles. The number of hydrogen-bond acceptors (Lipinski definition) is 0. The molecule has 0 aliphatic carbocycles. The zero-order valence-electron chi connectivity index (χ0n) is 12.0. The highest BCUT2D eigenvalue weighted by Crippen LogP contribution is 2.39. The van der Waals surface area contributed by atoms with E-state index in [0.717, 1.165) is 8.95 Å². The van der Waals surface area contributed by atoms with Crippen LogP contribution < -0.4 is 0 Å². The van der Waals surface area contributed by atoms with Gasteiger partial charge in [-0.25, -0.2) is 0 Å². The first-order valence-electron chi connectivity index (χ1n) is 7.11. The summed E-state index contributed by atoms with van der Waals surface area (Å²) < 4.78 is 4.47. The van der Waals surface area contributed by atoms with E-state index in [0.29, 0.717) is 0 Å². The summed E-state index contributed by atoms with van der Waals surface area (Å²) in [6.07, 6.45) is 0. The molecule has 0 aliphatic rings. The van der Waals surface area contributed by atoms with Crippen molar-refractivity contribution < 1.29 is 0 Å². The van der Waals surface area contributed by atoms with Crippen molar-refractivity contribution in [1.82, 2.24) is 4.57 Å². The topological polar surface area (TPSA) is 4.93 Å². The fraction of sp³-hybridized carbons (Fsp3) is 0.0526. The Morgan fingerprint density at radius 1 is 0.773 bits per heavy atom. The Morgan fingerprint density at radius 3 is 2.27 bits per heavy atom. The maximum atomic E-state index is 3.75. The highest BCUT2D eigenvalue weighted by molar-refractivity contribution is 9.13. The van der Waals surface area contributed by atoms with Gasteiger partial charge in [0.2, 0.25) is 0 Å². The van der Waals surface area contributed by atoms with Crippen LogP contribution in [-0.4, -0.2) is 4.57 Å². The van der Waals surface area contributed by atoms with Crippen LogP contribution in [0.2, 0.25) is 0 Å². The van der Waals surface area contributed by atoms with Crippen molar-refractivity contribution in [2.24, 2.45) is 0 Å². The summed E-state index contributed by atoms with van der Waals surface area (Å²) >= 11 is 7.39. The van der Waals surface area contributed by atoms with Gasteiger partial charge in [-0.1, -0.05) is 42.0 Å². The molecule has 0 unspecified atom stereocenters. The molecule has 108 valence electrons. The average molecular weight is 415 g/mol. The number of aromatic nitrogens is 1. The Morgan fingerprint density at radius 2 is 1.50 bits per heavy atom. The van der Waals surface area contributed by atoms with Crippen LogP contribution in [0.4, 0.5) is 0 Å². The van der Waals surface area contributed by atoms with E-state index in [-0.39, 0.29) is 0 Å². The van der Waals surface area contributed by atoms with Crippen LogP contribution in [0.25, 0.3) is 27.5 Å². The minimum absolute atomic E-state index is 1.07. The Hall–Kier alpha value is -1.58. The molecule has 3 aromatic carbocycles. The Labute approximate surface area is 145 Å². The van der Waals surface area contributed by atoms with E-state index in [1.807, 2.05) is 0 Å². The molecule has 0 saturated carbocycles. The molecule has 4 rings (SSSR count). The van der Waals surface area contributed by atoms with E-state index >= 15 is 0 Å². The molecule has 22 heavy (non-hydrogen) atoms. The van der Waals surface area contributed by atoms with Gasteiger partial charge in [-0.15, -0.1) is 0 Å². The summed E-state index contributed by atoms with van der Waals surface area (Å²) in [5, 5.41) is 2.53. The molecule has 3 heteroatoms. The first kappa shape index (κ1) is 14.0. The van der Waals surface area contributed by atoms with Crippen molar-refractivity contribution in [1.29, 1.82) is 0 Å². The molecule has 0 atom stereocenters. The number of nitrogens with zero attached hydrogens (tertiary/aromatic N) is 1. The standard InChI is InChI=1S/C19H13Br2N/c1-12-6-8-13(9-7-12)22-17-5-3-2-4-14(17)15-10-11-16(20)18(21)19(15)22/h2-11H,1H3. The van der Waals surface area contributed by atoms with E-state index in [1.165, 1.54) is 33.1 Å². The fourth-order valence-corrected chi connectivity index (χ4v) is 3.80. The maximum absolute atomic E-state index is 3.75. The summed E-state index contributed by atoms with van der Waals surface area (Å²) in [6.45, 7) is 2.11. The zero-order chi connectivity index (χ0) is 15.3. The lowest BCUT2D eigenvalue weighted by Crippen LogP contribution is -1.94. The molecule has 1 heterocycles. The van der Waals surface area contributed by atoms with Gasteiger partial charge in [0, 0.05) is 20.9 Å². The van der Waals surface area contributed by atoms with Gasteiger partial charge in [0.15, 0.2) is 0 Å². The van der Waals surface area contributed by atoms with E-state index in [9.17, 15) is 0 Å². The quantitative estimate of drug-likeness (QED) is 0.330. The van der Waals surface area contributed by atoms with Crippen molar-refractivity contribution in [3.05, 3.63) is 75.2 Å². The van der Waals surface area contributed by atoms with Crippen LogP contribution in [0.5, 0.6) is 0 Å².